The van der Waals surface area contributed by atoms with E-state index in [-0.39, 0.29) is 0 Å². The first kappa shape index (κ1) is 26.4. The molecule has 0 aliphatic carbocycles. The fraction of sp³-hybridized carbons (Fsp3) is 0. The second-order valence-corrected chi connectivity index (χ2v) is 12.0. The Kier molecular flexibility index (Phi) is 6.21. The van der Waals surface area contributed by atoms with Crippen LogP contribution in [0.4, 0.5) is 17.1 Å². The quantitative estimate of drug-likeness (QED) is 0.186. The third-order valence-corrected chi connectivity index (χ3v) is 9.04. The number of thiazole rings is 1. The largest absolute Gasteiger partial charge is 0.436 e. The number of rotatable bonds is 6. The van der Waals surface area contributed by atoms with E-state index >= 15 is 0 Å². The fourth-order valence-electron chi connectivity index (χ4n) is 5.74. The lowest BCUT2D eigenvalue weighted by atomic mass is 10.1. The van der Waals surface area contributed by atoms with Crippen LogP contribution < -0.4 is 4.90 Å². The molecule has 6 aromatic carbocycles. The van der Waals surface area contributed by atoms with Gasteiger partial charge in [0.15, 0.2) is 11.2 Å². The third-order valence-electron chi connectivity index (χ3n) is 7.96. The van der Waals surface area contributed by atoms with Gasteiger partial charge in [-0.2, -0.15) is 0 Å². The van der Waals surface area contributed by atoms with E-state index in [2.05, 4.69) is 71.6 Å². The van der Waals surface area contributed by atoms with Crippen LogP contribution in [-0.2, 0) is 0 Å². The predicted molar refractivity (Wildman–Crippen MR) is 186 cm³/mol. The van der Waals surface area contributed by atoms with Crippen molar-refractivity contribution in [2.75, 3.05) is 4.90 Å². The van der Waals surface area contributed by atoms with Crippen LogP contribution in [0, 0.1) is 0 Å². The van der Waals surface area contributed by atoms with E-state index < -0.39 is 0 Å². The van der Waals surface area contributed by atoms with Gasteiger partial charge in [0.1, 0.15) is 16.0 Å². The number of anilines is 3. The molecular weight excluding hydrogens is 589 g/mol. The van der Waals surface area contributed by atoms with Gasteiger partial charge in [0, 0.05) is 33.8 Å². The number of oxazole rings is 2. The summed E-state index contributed by atoms with van der Waals surface area (Å²) in [6.45, 7) is 0. The summed E-state index contributed by atoms with van der Waals surface area (Å²) in [5.74, 6) is 1.16. The summed E-state index contributed by atoms with van der Waals surface area (Å²) in [4.78, 5) is 16.6. The number of aromatic nitrogens is 3. The van der Waals surface area contributed by atoms with E-state index in [1.807, 2.05) is 78.9 Å². The van der Waals surface area contributed by atoms with E-state index in [0.717, 1.165) is 66.5 Å². The third kappa shape index (κ3) is 4.70. The number of hydrogen-bond donors (Lipinski definition) is 0. The van der Waals surface area contributed by atoms with Gasteiger partial charge in [-0.3, -0.25) is 0 Å². The first-order valence-electron chi connectivity index (χ1n) is 14.9. The van der Waals surface area contributed by atoms with Crippen molar-refractivity contribution < 1.29 is 8.83 Å². The molecule has 0 radical (unpaired) electrons. The van der Waals surface area contributed by atoms with Crippen LogP contribution in [0.1, 0.15) is 0 Å². The molecule has 0 unspecified atom stereocenters. The Morgan fingerprint density at radius 3 is 1.54 bits per heavy atom. The highest BCUT2D eigenvalue weighted by Crippen LogP contribution is 2.40. The number of hydrogen-bond acceptors (Lipinski definition) is 7. The summed E-state index contributed by atoms with van der Waals surface area (Å²) in [6.07, 6.45) is 0. The first-order chi connectivity index (χ1) is 22.7. The topological polar surface area (TPSA) is 68.2 Å². The summed E-state index contributed by atoms with van der Waals surface area (Å²) in [7, 11) is 0. The molecule has 0 saturated carbocycles. The molecule has 218 valence electrons. The lowest BCUT2D eigenvalue weighted by Gasteiger charge is -2.26. The van der Waals surface area contributed by atoms with E-state index in [1.54, 1.807) is 11.3 Å². The lowest BCUT2D eigenvalue weighted by Crippen LogP contribution is -2.10. The Morgan fingerprint density at radius 1 is 0.435 bits per heavy atom. The van der Waals surface area contributed by atoms with Gasteiger partial charge >= 0.3 is 0 Å². The second-order valence-electron chi connectivity index (χ2n) is 10.9. The van der Waals surface area contributed by atoms with E-state index in [0.29, 0.717) is 11.8 Å². The standard InChI is InChI=1S/C39H24N4O2S/c1-4-16-34-31(13-1)40-37(44-34)26-9-7-11-29(23-26)43(28-21-19-25(20-22-28)39-42-33-15-3-6-18-36(33)46-39)30-12-8-10-27(24-30)38-41-32-14-2-5-17-35(32)45-38/h1-24H. The number of nitrogens with zero attached hydrogens (tertiary/aromatic N) is 4. The van der Waals surface area contributed by atoms with Crippen molar-refractivity contribution >= 4 is 60.8 Å². The van der Waals surface area contributed by atoms with Crippen LogP contribution in [0.3, 0.4) is 0 Å². The molecule has 0 atom stereocenters. The van der Waals surface area contributed by atoms with Crippen LogP contribution >= 0.6 is 11.3 Å². The van der Waals surface area contributed by atoms with E-state index in [4.69, 9.17) is 23.8 Å². The van der Waals surface area contributed by atoms with E-state index in [9.17, 15) is 0 Å². The predicted octanol–water partition coefficient (Wildman–Crippen LogP) is 11.0. The van der Waals surface area contributed by atoms with Crippen LogP contribution in [-0.4, -0.2) is 15.0 Å². The van der Waals surface area contributed by atoms with Crippen molar-refractivity contribution in [3.8, 4) is 33.5 Å². The van der Waals surface area contributed by atoms with Crippen LogP contribution in [0.15, 0.2) is 154 Å². The van der Waals surface area contributed by atoms with Gasteiger partial charge in [-0.15, -0.1) is 11.3 Å². The van der Waals surface area contributed by atoms with Crippen LogP contribution in [0.25, 0.3) is 65.9 Å². The molecule has 0 aliphatic rings. The maximum absolute atomic E-state index is 6.14. The van der Waals surface area contributed by atoms with E-state index in [1.165, 1.54) is 4.70 Å². The molecule has 0 spiro atoms. The molecule has 0 N–H and O–H groups in total. The van der Waals surface area contributed by atoms with Crippen molar-refractivity contribution in [3.63, 3.8) is 0 Å². The van der Waals surface area contributed by atoms with Gasteiger partial charge in [-0.05, 0) is 97.1 Å². The minimum Gasteiger partial charge on any atom is -0.436 e. The maximum atomic E-state index is 6.14. The second kappa shape index (κ2) is 10.8. The number of para-hydroxylation sites is 5. The Bertz CT molecular complexity index is 2290. The normalized spacial score (nSPS) is 11.5. The highest BCUT2D eigenvalue weighted by atomic mass is 32.1. The maximum Gasteiger partial charge on any atom is 0.227 e. The lowest BCUT2D eigenvalue weighted by molar-refractivity contribution is 0.619. The summed E-state index contributed by atoms with van der Waals surface area (Å²) in [5, 5.41) is 0.996. The average molecular weight is 613 g/mol. The zero-order valence-corrected chi connectivity index (χ0v) is 25.2. The van der Waals surface area contributed by atoms with Crippen molar-refractivity contribution in [2.24, 2.45) is 0 Å². The molecule has 6 nitrogen and oxygen atoms in total. The zero-order chi connectivity index (χ0) is 30.5. The molecule has 0 saturated heterocycles. The minimum absolute atomic E-state index is 0.578. The Balaban J connectivity index is 1.16. The van der Waals surface area contributed by atoms with Gasteiger partial charge in [0.05, 0.1) is 10.2 Å². The van der Waals surface area contributed by atoms with Crippen molar-refractivity contribution in [3.05, 3.63) is 146 Å². The van der Waals surface area contributed by atoms with Gasteiger partial charge in [0.25, 0.3) is 0 Å². The fourth-order valence-corrected chi connectivity index (χ4v) is 6.71. The molecule has 9 rings (SSSR count). The molecule has 46 heavy (non-hydrogen) atoms. The Morgan fingerprint density at radius 2 is 0.978 bits per heavy atom. The summed E-state index contributed by atoms with van der Waals surface area (Å²) < 4.78 is 13.5. The molecule has 9 aromatic rings. The highest BCUT2D eigenvalue weighted by Gasteiger charge is 2.18. The molecule has 0 aliphatic heterocycles. The Hall–Kier alpha value is -6.05. The Labute approximate surface area is 267 Å². The molecule has 3 aromatic heterocycles. The molecule has 0 amide bonds. The van der Waals surface area contributed by atoms with Crippen LogP contribution in [0.2, 0.25) is 0 Å². The number of benzene rings is 6. The summed E-state index contributed by atoms with van der Waals surface area (Å²) in [5.41, 5.74) is 9.96. The average Bonchev–Trinajstić information content (AvgIpc) is 3.86. The molecule has 7 heteroatoms. The number of fused-ring (bicyclic) bond motifs is 3. The summed E-state index contributed by atoms with van der Waals surface area (Å²) in [6, 6.07) is 49.0. The molecule has 3 heterocycles. The van der Waals surface area contributed by atoms with Crippen molar-refractivity contribution in [1.29, 1.82) is 0 Å². The van der Waals surface area contributed by atoms with Gasteiger partial charge in [-0.25, -0.2) is 15.0 Å². The van der Waals surface area contributed by atoms with Crippen LogP contribution in [0.5, 0.6) is 0 Å². The zero-order valence-electron chi connectivity index (χ0n) is 24.4. The van der Waals surface area contributed by atoms with Crippen molar-refractivity contribution in [1.82, 2.24) is 15.0 Å². The minimum atomic E-state index is 0.578. The molecule has 0 bridgehead atoms. The van der Waals surface area contributed by atoms with Gasteiger partial charge in [0.2, 0.25) is 11.8 Å². The smallest absolute Gasteiger partial charge is 0.227 e. The highest BCUT2D eigenvalue weighted by molar-refractivity contribution is 7.21. The SMILES string of the molecule is c1cc(-c2nc3ccccc3o2)cc(N(c2ccc(-c3nc4ccccc4s3)cc2)c2cccc(-c3nc4ccccc4o3)c2)c1. The van der Waals surface area contributed by atoms with Crippen molar-refractivity contribution in [2.45, 2.75) is 0 Å². The monoisotopic (exact) mass is 612 g/mol. The van der Waals surface area contributed by atoms with Gasteiger partial charge < -0.3 is 13.7 Å². The summed E-state index contributed by atoms with van der Waals surface area (Å²) >= 11 is 1.70. The molecule has 0 fully saturated rings. The first-order valence-corrected chi connectivity index (χ1v) is 15.7. The van der Waals surface area contributed by atoms with Gasteiger partial charge in [-0.1, -0.05) is 48.5 Å². The molecular formula is C39H24N4O2S.